The molecule has 5 nitrogen and oxygen atoms in total. The normalized spacial score (nSPS) is 10.8. The topological polar surface area (TPSA) is 57.3 Å². The fourth-order valence-electron chi connectivity index (χ4n) is 1.50. The van der Waals surface area contributed by atoms with Gasteiger partial charge in [-0.2, -0.15) is 0 Å². The summed E-state index contributed by atoms with van der Waals surface area (Å²) in [4.78, 5) is 11.8. The second-order valence-corrected chi connectivity index (χ2v) is 4.95. The summed E-state index contributed by atoms with van der Waals surface area (Å²) in [6, 6.07) is 3.30. The number of rotatable bonds is 4. The lowest BCUT2D eigenvalue weighted by atomic mass is 10.3. The Hall–Kier alpha value is -1.11. The Labute approximate surface area is 116 Å². The first-order valence-electron chi connectivity index (χ1n) is 5.09. The average molecular weight is 334 g/mol. The molecule has 18 heavy (non-hydrogen) atoms. The molecule has 0 radical (unpaired) electrons. The minimum Gasteiger partial charge on any atom is -0.377 e. The fourth-order valence-corrected chi connectivity index (χ4v) is 2.33. The molecule has 2 aromatic heterocycles. The maximum absolute atomic E-state index is 11.8. The molecule has 0 bridgehead atoms. The highest BCUT2D eigenvalue weighted by Crippen LogP contribution is 2.13. The van der Waals surface area contributed by atoms with Crippen LogP contribution in [0.1, 0.15) is 11.5 Å². The Bertz CT molecular complexity index is 609. The van der Waals surface area contributed by atoms with Crippen LogP contribution in [0.25, 0.3) is 0 Å². The summed E-state index contributed by atoms with van der Waals surface area (Å²) >= 11 is 9.05. The number of methoxy groups -OCH3 is 1. The van der Waals surface area contributed by atoms with Gasteiger partial charge in [0.25, 0.3) is 5.56 Å². The van der Waals surface area contributed by atoms with E-state index in [4.69, 9.17) is 20.9 Å². The van der Waals surface area contributed by atoms with E-state index in [2.05, 4.69) is 21.1 Å². The van der Waals surface area contributed by atoms with Crippen LogP contribution >= 0.6 is 27.5 Å². The van der Waals surface area contributed by atoms with Crippen LogP contribution in [-0.2, 0) is 17.9 Å². The quantitative estimate of drug-likeness (QED) is 0.862. The number of aromatic nitrogens is 2. The Balaban J connectivity index is 2.25. The number of pyridine rings is 1. The highest BCUT2D eigenvalue weighted by Gasteiger charge is 2.08. The zero-order valence-electron chi connectivity index (χ0n) is 9.52. The van der Waals surface area contributed by atoms with Crippen LogP contribution in [0.5, 0.6) is 0 Å². The zero-order valence-corrected chi connectivity index (χ0v) is 11.9. The lowest BCUT2D eigenvalue weighted by Crippen LogP contribution is -2.20. The predicted octanol–water partition coefficient (Wildman–Crippen LogP) is 2.45. The van der Waals surface area contributed by atoms with Crippen molar-refractivity contribution in [2.45, 2.75) is 13.2 Å². The molecule has 7 heteroatoms. The van der Waals surface area contributed by atoms with Gasteiger partial charge in [0, 0.05) is 19.4 Å². The molecule has 96 valence electrons. The Morgan fingerprint density at radius 1 is 1.56 bits per heavy atom. The van der Waals surface area contributed by atoms with Crippen LogP contribution in [0.15, 0.2) is 32.1 Å². The van der Waals surface area contributed by atoms with Gasteiger partial charge in [0.05, 0.1) is 16.0 Å². The Morgan fingerprint density at radius 3 is 3.06 bits per heavy atom. The first-order chi connectivity index (χ1) is 8.60. The fraction of sp³-hybridized carbons (Fsp3) is 0.273. The second kappa shape index (κ2) is 5.69. The van der Waals surface area contributed by atoms with Crippen LogP contribution in [-0.4, -0.2) is 16.8 Å². The summed E-state index contributed by atoms with van der Waals surface area (Å²) in [7, 11) is 1.57. The number of hydrogen-bond acceptors (Lipinski definition) is 4. The van der Waals surface area contributed by atoms with Crippen molar-refractivity contribution < 1.29 is 9.26 Å². The largest absolute Gasteiger partial charge is 0.377 e. The predicted molar refractivity (Wildman–Crippen MR) is 69.7 cm³/mol. The van der Waals surface area contributed by atoms with E-state index in [0.717, 1.165) is 0 Å². The summed E-state index contributed by atoms with van der Waals surface area (Å²) in [5, 5.41) is 4.33. The van der Waals surface area contributed by atoms with Crippen molar-refractivity contribution in [3.63, 3.8) is 0 Å². The average Bonchev–Trinajstić information content (AvgIpc) is 2.73. The molecule has 2 heterocycles. The van der Waals surface area contributed by atoms with E-state index in [1.165, 1.54) is 4.57 Å². The molecule has 2 aromatic rings. The van der Waals surface area contributed by atoms with Crippen molar-refractivity contribution in [1.82, 2.24) is 9.72 Å². The van der Waals surface area contributed by atoms with Gasteiger partial charge in [-0.1, -0.05) is 16.8 Å². The smallest absolute Gasteiger partial charge is 0.265 e. The number of halogens is 2. The lowest BCUT2D eigenvalue weighted by Gasteiger charge is -2.04. The second-order valence-electron chi connectivity index (χ2n) is 3.66. The molecule has 0 unspecified atom stereocenters. The van der Waals surface area contributed by atoms with Crippen LogP contribution in [0.4, 0.5) is 0 Å². The van der Waals surface area contributed by atoms with E-state index in [-0.39, 0.29) is 5.56 Å². The van der Waals surface area contributed by atoms with Crippen LogP contribution in [0, 0.1) is 0 Å². The molecule has 0 spiro atoms. The van der Waals surface area contributed by atoms with E-state index < -0.39 is 0 Å². The third-order valence-electron chi connectivity index (χ3n) is 2.24. The van der Waals surface area contributed by atoms with E-state index >= 15 is 0 Å². The van der Waals surface area contributed by atoms with E-state index in [0.29, 0.717) is 34.1 Å². The SMILES string of the molecule is COCc1cc(Cn2cc(Cl)cc(Br)c2=O)no1. The third-order valence-corrected chi connectivity index (χ3v) is 3.01. The summed E-state index contributed by atoms with van der Waals surface area (Å²) in [6.45, 7) is 0.645. The van der Waals surface area contributed by atoms with E-state index in [9.17, 15) is 4.79 Å². The van der Waals surface area contributed by atoms with Crippen molar-refractivity contribution in [1.29, 1.82) is 0 Å². The highest BCUT2D eigenvalue weighted by molar-refractivity contribution is 9.10. The molecule has 0 aliphatic rings. The molecule has 0 aromatic carbocycles. The number of nitrogens with zero attached hydrogens (tertiary/aromatic N) is 2. The van der Waals surface area contributed by atoms with Crippen LogP contribution in [0.3, 0.4) is 0 Å². The van der Waals surface area contributed by atoms with Crippen LogP contribution < -0.4 is 5.56 Å². The van der Waals surface area contributed by atoms with Gasteiger partial charge in [0.15, 0.2) is 5.76 Å². The van der Waals surface area contributed by atoms with Crippen molar-refractivity contribution in [3.8, 4) is 0 Å². The van der Waals surface area contributed by atoms with Crippen molar-refractivity contribution in [2.24, 2.45) is 0 Å². The van der Waals surface area contributed by atoms with Gasteiger partial charge < -0.3 is 13.8 Å². The van der Waals surface area contributed by atoms with E-state index in [1.54, 1.807) is 25.4 Å². The van der Waals surface area contributed by atoms with Gasteiger partial charge >= 0.3 is 0 Å². The lowest BCUT2D eigenvalue weighted by molar-refractivity contribution is 0.155. The number of ether oxygens (including phenoxy) is 1. The van der Waals surface area contributed by atoms with Crippen molar-refractivity contribution >= 4 is 27.5 Å². The third kappa shape index (κ3) is 3.01. The standard InChI is InChI=1S/C11H10BrClN2O3/c1-17-6-9-3-8(14-18-9)5-15-4-7(13)2-10(12)11(15)16/h2-4H,5-6H2,1H3. The van der Waals surface area contributed by atoms with Crippen LogP contribution in [0.2, 0.25) is 5.02 Å². The maximum Gasteiger partial charge on any atom is 0.265 e. The molecule has 0 N–H and O–H groups in total. The molecule has 0 amide bonds. The Morgan fingerprint density at radius 2 is 2.33 bits per heavy atom. The number of hydrogen-bond donors (Lipinski definition) is 0. The van der Waals surface area contributed by atoms with Crippen molar-refractivity contribution in [3.05, 3.63) is 49.6 Å². The Kier molecular flexibility index (Phi) is 4.21. The van der Waals surface area contributed by atoms with Gasteiger partial charge in [-0.25, -0.2) is 0 Å². The summed E-state index contributed by atoms with van der Waals surface area (Å²) < 4.78 is 11.8. The van der Waals surface area contributed by atoms with Gasteiger partial charge in [-0.05, 0) is 22.0 Å². The minimum atomic E-state index is -0.171. The molecule has 0 fully saturated rings. The first kappa shape index (κ1) is 13.3. The summed E-state index contributed by atoms with van der Waals surface area (Å²) in [6.07, 6.45) is 1.55. The zero-order chi connectivity index (χ0) is 13.1. The molecular weight excluding hydrogens is 323 g/mol. The van der Waals surface area contributed by atoms with Crippen molar-refractivity contribution in [2.75, 3.05) is 7.11 Å². The first-order valence-corrected chi connectivity index (χ1v) is 6.26. The molecule has 0 aliphatic heterocycles. The van der Waals surface area contributed by atoms with Gasteiger partial charge in [-0.3, -0.25) is 4.79 Å². The highest BCUT2D eigenvalue weighted by atomic mass is 79.9. The monoisotopic (exact) mass is 332 g/mol. The molecule has 0 saturated heterocycles. The van der Waals surface area contributed by atoms with E-state index in [1.807, 2.05) is 0 Å². The molecule has 2 rings (SSSR count). The molecular formula is C11H10BrClN2O3. The van der Waals surface area contributed by atoms with Gasteiger partial charge in [-0.15, -0.1) is 0 Å². The molecule has 0 saturated carbocycles. The molecule has 0 aliphatic carbocycles. The summed E-state index contributed by atoms with van der Waals surface area (Å²) in [5.41, 5.74) is 0.467. The van der Waals surface area contributed by atoms with Gasteiger partial charge in [0.2, 0.25) is 0 Å². The molecule has 0 atom stereocenters. The minimum absolute atomic E-state index is 0.171. The van der Waals surface area contributed by atoms with Gasteiger partial charge in [0.1, 0.15) is 12.3 Å². The summed E-state index contributed by atoms with van der Waals surface area (Å²) in [5.74, 6) is 0.613. The maximum atomic E-state index is 11.8.